The highest BCUT2D eigenvalue weighted by Gasteiger charge is 2.44. The summed E-state index contributed by atoms with van der Waals surface area (Å²) in [6, 6.07) is 0. The van der Waals surface area contributed by atoms with E-state index in [4.69, 9.17) is 10.5 Å². The molecule has 0 amide bonds. The van der Waals surface area contributed by atoms with E-state index in [0.29, 0.717) is 24.0 Å². The van der Waals surface area contributed by atoms with Gasteiger partial charge in [-0.2, -0.15) is 0 Å². The van der Waals surface area contributed by atoms with Gasteiger partial charge in [0.05, 0.1) is 18.5 Å². The summed E-state index contributed by atoms with van der Waals surface area (Å²) in [6.45, 7) is -0.429. The number of ether oxygens (including phenoxy) is 1. The highest BCUT2D eigenvalue weighted by Crippen LogP contribution is 2.35. The van der Waals surface area contributed by atoms with E-state index in [0.717, 1.165) is 19.3 Å². The van der Waals surface area contributed by atoms with Crippen molar-refractivity contribution in [1.82, 2.24) is 19.5 Å². The van der Waals surface area contributed by atoms with Gasteiger partial charge in [0, 0.05) is 6.42 Å². The van der Waals surface area contributed by atoms with E-state index in [9.17, 15) is 20.4 Å². The number of rotatable bonds is 4. The van der Waals surface area contributed by atoms with E-state index in [1.807, 2.05) is 0 Å². The molecule has 2 aliphatic rings. The molecule has 10 nitrogen and oxygen atoms in total. The van der Waals surface area contributed by atoms with Gasteiger partial charge < -0.3 is 30.9 Å². The quantitative estimate of drug-likeness (QED) is 0.416. The first kappa shape index (κ1) is 19.0. The molecule has 1 aliphatic heterocycles. The molecular weight excluding hydrogens is 366 g/mol. The van der Waals surface area contributed by atoms with Crippen LogP contribution < -0.4 is 5.73 Å². The van der Waals surface area contributed by atoms with Crippen LogP contribution in [0.2, 0.25) is 0 Å². The Morgan fingerprint density at radius 2 is 2.07 bits per heavy atom. The Labute approximate surface area is 161 Å². The summed E-state index contributed by atoms with van der Waals surface area (Å²) in [7, 11) is 0. The molecule has 28 heavy (non-hydrogen) atoms. The highest BCUT2D eigenvalue weighted by molar-refractivity contribution is 5.82. The number of aliphatic hydroxyl groups excluding tert-OH is 3. The standard InChI is InChI=1S/C18H23N5O5/c19-15-12-16(22-11(21-15)4-1-2-5-18(27)6-3-7-18)23(9-20-12)17-14(26)13(25)10(8-24)28-17/h9-10,13-14,17,24-27H,2-3,5-8H2,(H2,19,21,22)/t10-,13-,14-,17-/m1/s1. The minimum Gasteiger partial charge on any atom is -0.394 e. The van der Waals surface area contributed by atoms with E-state index in [1.165, 1.54) is 10.9 Å². The second-order valence-corrected chi connectivity index (χ2v) is 7.37. The van der Waals surface area contributed by atoms with Crippen molar-refractivity contribution in [1.29, 1.82) is 0 Å². The molecule has 6 N–H and O–H groups in total. The summed E-state index contributed by atoms with van der Waals surface area (Å²) in [4.78, 5) is 12.7. The van der Waals surface area contributed by atoms with Crippen LogP contribution in [0, 0.1) is 11.8 Å². The molecule has 1 aliphatic carbocycles. The van der Waals surface area contributed by atoms with E-state index < -0.39 is 36.7 Å². The number of hydrogen-bond donors (Lipinski definition) is 5. The van der Waals surface area contributed by atoms with Gasteiger partial charge in [0.25, 0.3) is 0 Å². The molecule has 0 bridgehead atoms. The first-order valence-corrected chi connectivity index (χ1v) is 9.26. The molecule has 1 saturated carbocycles. The fraction of sp³-hybridized carbons (Fsp3) is 0.611. The van der Waals surface area contributed by atoms with Crippen LogP contribution in [0.25, 0.3) is 11.2 Å². The number of nitrogen functional groups attached to an aromatic ring is 1. The van der Waals surface area contributed by atoms with Crippen molar-refractivity contribution in [2.75, 3.05) is 12.3 Å². The van der Waals surface area contributed by atoms with Gasteiger partial charge in [-0.1, -0.05) is 5.92 Å². The molecule has 2 aromatic rings. The molecule has 2 aromatic heterocycles. The Morgan fingerprint density at radius 1 is 1.29 bits per heavy atom. The number of anilines is 1. The smallest absolute Gasteiger partial charge is 0.208 e. The minimum atomic E-state index is -1.26. The summed E-state index contributed by atoms with van der Waals surface area (Å²) in [5.74, 6) is 6.14. The number of aromatic nitrogens is 4. The van der Waals surface area contributed by atoms with Crippen LogP contribution in [0.15, 0.2) is 6.33 Å². The number of imidazole rings is 1. The van der Waals surface area contributed by atoms with Crippen LogP contribution in [0.4, 0.5) is 5.82 Å². The first-order valence-electron chi connectivity index (χ1n) is 9.26. The van der Waals surface area contributed by atoms with Gasteiger partial charge in [-0.05, 0) is 31.6 Å². The molecule has 0 unspecified atom stereocenters. The van der Waals surface area contributed by atoms with Crippen molar-refractivity contribution in [2.45, 2.75) is 62.2 Å². The molecule has 3 heterocycles. The lowest BCUT2D eigenvalue weighted by molar-refractivity contribution is -0.0511. The molecule has 0 aromatic carbocycles. The summed E-state index contributed by atoms with van der Waals surface area (Å²) >= 11 is 0. The Balaban J connectivity index is 1.58. The van der Waals surface area contributed by atoms with Crippen molar-refractivity contribution in [2.24, 2.45) is 0 Å². The Kier molecular flexibility index (Phi) is 4.95. The van der Waals surface area contributed by atoms with Gasteiger partial charge in [-0.3, -0.25) is 4.57 Å². The third-order valence-electron chi connectivity index (χ3n) is 5.44. The van der Waals surface area contributed by atoms with Crippen LogP contribution in [0.5, 0.6) is 0 Å². The second-order valence-electron chi connectivity index (χ2n) is 7.37. The predicted octanol–water partition coefficient (Wildman–Crippen LogP) is -0.933. The van der Waals surface area contributed by atoms with Crippen LogP contribution in [0.3, 0.4) is 0 Å². The Hall–Kier alpha value is -2.29. The fourth-order valence-electron chi connectivity index (χ4n) is 3.56. The fourth-order valence-corrected chi connectivity index (χ4v) is 3.56. The van der Waals surface area contributed by atoms with Crippen LogP contribution in [-0.2, 0) is 4.74 Å². The maximum Gasteiger partial charge on any atom is 0.208 e. The van der Waals surface area contributed by atoms with Crippen molar-refractivity contribution in [3.63, 3.8) is 0 Å². The normalized spacial score (nSPS) is 28.7. The topological polar surface area (TPSA) is 160 Å². The average Bonchev–Trinajstić information content (AvgIpc) is 3.19. The van der Waals surface area contributed by atoms with Gasteiger partial charge >= 0.3 is 0 Å². The Bertz CT molecular complexity index is 932. The number of fused-ring (bicyclic) bond motifs is 1. The van der Waals surface area contributed by atoms with Crippen LogP contribution >= 0.6 is 0 Å². The van der Waals surface area contributed by atoms with Gasteiger partial charge in [0.2, 0.25) is 5.82 Å². The average molecular weight is 389 g/mol. The van der Waals surface area contributed by atoms with E-state index >= 15 is 0 Å². The van der Waals surface area contributed by atoms with Crippen LogP contribution in [0.1, 0.15) is 44.2 Å². The molecule has 2 fully saturated rings. The molecule has 150 valence electrons. The zero-order valence-electron chi connectivity index (χ0n) is 15.2. The molecule has 1 saturated heterocycles. The molecule has 4 rings (SSSR count). The summed E-state index contributed by atoms with van der Waals surface area (Å²) < 4.78 is 6.97. The van der Waals surface area contributed by atoms with E-state index in [-0.39, 0.29) is 11.6 Å². The van der Waals surface area contributed by atoms with Gasteiger partial charge in [0.1, 0.15) is 23.8 Å². The maximum atomic E-state index is 10.2. The van der Waals surface area contributed by atoms with Gasteiger partial charge in [0.15, 0.2) is 17.7 Å². The van der Waals surface area contributed by atoms with E-state index in [2.05, 4.69) is 26.8 Å². The third-order valence-corrected chi connectivity index (χ3v) is 5.44. The zero-order chi connectivity index (χ0) is 19.9. The first-order chi connectivity index (χ1) is 13.4. The minimum absolute atomic E-state index is 0.136. The summed E-state index contributed by atoms with van der Waals surface area (Å²) in [5, 5.41) is 39.6. The summed E-state index contributed by atoms with van der Waals surface area (Å²) in [5.41, 5.74) is 6.01. The molecule has 0 radical (unpaired) electrons. The summed E-state index contributed by atoms with van der Waals surface area (Å²) in [6.07, 6.45) is 0.815. The Morgan fingerprint density at radius 3 is 2.71 bits per heavy atom. The predicted molar refractivity (Wildman–Crippen MR) is 97.7 cm³/mol. The lowest BCUT2D eigenvalue weighted by Gasteiger charge is -2.36. The van der Waals surface area contributed by atoms with Crippen molar-refractivity contribution in [3.8, 4) is 11.8 Å². The lowest BCUT2D eigenvalue weighted by Crippen LogP contribution is -2.36. The largest absolute Gasteiger partial charge is 0.394 e. The van der Waals surface area contributed by atoms with Gasteiger partial charge in [-0.25, -0.2) is 15.0 Å². The van der Waals surface area contributed by atoms with Gasteiger partial charge in [-0.15, -0.1) is 0 Å². The third kappa shape index (κ3) is 3.32. The lowest BCUT2D eigenvalue weighted by atomic mass is 9.77. The molecule has 0 spiro atoms. The van der Waals surface area contributed by atoms with Crippen molar-refractivity contribution < 1.29 is 25.2 Å². The molecule has 10 heteroatoms. The van der Waals surface area contributed by atoms with Crippen LogP contribution in [-0.4, -0.2) is 70.5 Å². The van der Waals surface area contributed by atoms with Crippen molar-refractivity contribution >= 4 is 17.0 Å². The maximum absolute atomic E-state index is 10.2. The molecule has 4 atom stereocenters. The monoisotopic (exact) mass is 389 g/mol. The number of aliphatic hydroxyl groups is 4. The molecular formula is C18H23N5O5. The van der Waals surface area contributed by atoms with Crippen molar-refractivity contribution in [3.05, 3.63) is 12.2 Å². The second kappa shape index (κ2) is 7.27. The SMILES string of the molecule is Nc1nc(C#CCCC2(O)CCC2)nc2c1ncn2[C@@H]1O[C@H](CO)[C@@H](O)[C@H]1O. The number of hydrogen-bond acceptors (Lipinski definition) is 9. The van der Waals surface area contributed by atoms with E-state index in [1.54, 1.807) is 0 Å². The number of nitrogens with zero attached hydrogens (tertiary/aromatic N) is 4. The zero-order valence-corrected chi connectivity index (χ0v) is 15.2. The number of nitrogens with two attached hydrogens (primary N) is 1. The highest BCUT2D eigenvalue weighted by atomic mass is 16.6.